The van der Waals surface area contributed by atoms with Gasteiger partial charge in [-0.25, -0.2) is 0 Å². The normalized spacial score (nSPS) is 31.8. The summed E-state index contributed by atoms with van der Waals surface area (Å²) in [6, 6.07) is 8.32. The zero-order chi connectivity index (χ0) is 8.84. The van der Waals surface area contributed by atoms with Crippen molar-refractivity contribution >= 4 is 11.6 Å². The van der Waals surface area contributed by atoms with Crippen LogP contribution in [-0.2, 0) is 0 Å². The van der Waals surface area contributed by atoms with Gasteiger partial charge < -0.3 is 0 Å². The lowest BCUT2D eigenvalue weighted by molar-refractivity contribution is 0.690. The first-order chi connectivity index (χ1) is 6.36. The molecular weight excluding hydrogens is 180 g/mol. The maximum atomic E-state index is 6.15. The van der Waals surface area contributed by atoms with E-state index in [9.17, 15) is 0 Å². The number of hydrogen-bond acceptors (Lipinski definition) is 0. The second-order valence-electron chi connectivity index (χ2n) is 4.36. The highest BCUT2D eigenvalue weighted by molar-refractivity contribution is 6.31. The molecule has 0 aromatic heterocycles. The van der Waals surface area contributed by atoms with Crippen molar-refractivity contribution in [3.63, 3.8) is 0 Å². The predicted molar refractivity (Wildman–Crippen MR) is 55.0 cm³/mol. The van der Waals surface area contributed by atoms with Crippen LogP contribution in [0.4, 0.5) is 0 Å². The van der Waals surface area contributed by atoms with Crippen LogP contribution < -0.4 is 0 Å². The van der Waals surface area contributed by atoms with E-state index in [2.05, 4.69) is 12.1 Å². The molecule has 0 nitrogen and oxygen atoms in total. The van der Waals surface area contributed by atoms with Gasteiger partial charge in [-0.1, -0.05) is 29.8 Å². The van der Waals surface area contributed by atoms with Crippen molar-refractivity contribution in [2.45, 2.75) is 25.2 Å². The molecule has 2 aliphatic rings. The second kappa shape index (κ2) is 2.75. The molecule has 13 heavy (non-hydrogen) atoms. The Labute approximate surface area is 83.9 Å². The van der Waals surface area contributed by atoms with Crippen molar-refractivity contribution in [2.24, 2.45) is 11.8 Å². The lowest BCUT2D eigenvalue weighted by Crippen LogP contribution is -1.86. The molecule has 0 saturated heterocycles. The average Bonchev–Trinajstić information content (AvgIpc) is 3.00. The molecule has 2 saturated carbocycles. The van der Waals surface area contributed by atoms with Gasteiger partial charge in [0.15, 0.2) is 0 Å². The van der Waals surface area contributed by atoms with Crippen LogP contribution in [-0.4, -0.2) is 0 Å². The van der Waals surface area contributed by atoms with Crippen molar-refractivity contribution in [1.82, 2.24) is 0 Å². The summed E-state index contributed by atoms with van der Waals surface area (Å²) in [5, 5.41) is 0.968. The summed E-state index contributed by atoms with van der Waals surface area (Å²) in [7, 11) is 0. The first-order valence-electron chi connectivity index (χ1n) is 5.10. The van der Waals surface area contributed by atoms with Gasteiger partial charge in [-0.15, -0.1) is 0 Å². The highest BCUT2D eigenvalue weighted by Gasteiger charge is 2.48. The molecule has 2 atom stereocenters. The zero-order valence-electron chi connectivity index (χ0n) is 7.54. The van der Waals surface area contributed by atoms with Crippen LogP contribution in [0.2, 0.25) is 5.02 Å². The van der Waals surface area contributed by atoms with Gasteiger partial charge in [-0.3, -0.25) is 0 Å². The van der Waals surface area contributed by atoms with Crippen LogP contribution in [0.3, 0.4) is 0 Å². The SMILES string of the molecule is Clc1ccccc1[C@H]1CC1C1CC1. The number of hydrogen-bond donors (Lipinski definition) is 0. The number of rotatable bonds is 2. The minimum atomic E-state index is 0.793. The van der Waals surface area contributed by atoms with E-state index >= 15 is 0 Å². The molecule has 0 bridgehead atoms. The first-order valence-corrected chi connectivity index (χ1v) is 5.48. The van der Waals surface area contributed by atoms with Gasteiger partial charge in [-0.05, 0) is 48.6 Å². The quantitative estimate of drug-likeness (QED) is 0.668. The molecule has 1 unspecified atom stereocenters. The van der Waals surface area contributed by atoms with Crippen molar-refractivity contribution in [3.05, 3.63) is 34.9 Å². The van der Waals surface area contributed by atoms with Crippen LogP contribution in [0, 0.1) is 11.8 Å². The molecule has 0 radical (unpaired) electrons. The maximum Gasteiger partial charge on any atom is 0.0440 e. The van der Waals surface area contributed by atoms with E-state index in [0.29, 0.717) is 0 Å². The molecule has 68 valence electrons. The van der Waals surface area contributed by atoms with E-state index in [0.717, 1.165) is 22.8 Å². The van der Waals surface area contributed by atoms with E-state index in [4.69, 9.17) is 11.6 Å². The molecular formula is C12H13Cl. The van der Waals surface area contributed by atoms with E-state index in [1.54, 1.807) is 0 Å². The van der Waals surface area contributed by atoms with E-state index in [1.807, 2.05) is 12.1 Å². The van der Waals surface area contributed by atoms with Crippen molar-refractivity contribution in [2.75, 3.05) is 0 Å². The summed E-state index contributed by atoms with van der Waals surface area (Å²) in [6.07, 6.45) is 4.31. The lowest BCUT2D eigenvalue weighted by atomic mass is 10.1. The summed E-state index contributed by atoms with van der Waals surface area (Å²) in [4.78, 5) is 0. The Morgan fingerprint density at radius 1 is 1.15 bits per heavy atom. The summed E-state index contributed by atoms with van der Waals surface area (Å²) in [5.41, 5.74) is 1.39. The fourth-order valence-corrected chi connectivity index (χ4v) is 2.67. The molecule has 2 aliphatic carbocycles. The standard InChI is InChI=1S/C12H13Cl/c13-12-4-2-1-3-9(12)11-7-10(11)8-5-6-8/h1-4,8,10-11H,5-7H2/t10?,11-/m1/s1. The van der Waals surface area contributed by atoms with Gasteiger partial charge in [0, 0.05) is 5.02 Å². The van der Waals surface area contributed by atoms with Crippen LogP contribution in [0.25, 0.3) is 0 Å². The van der Waals surface area contributed by atoms with Crippen molar-refractivity contribution in [3.8, 4) is 0 Å². The molecule has 1 heteroatoms. The monoisotopic (exact) mass is 192 g/mol. The molecule has 1 aromatic carbocycles. The lowest BCUT2D eigenvalue weighted by Gasteiger charge is -2.01. The number of benzene rings is 1. The molecule has 1 aromatic rings. The van der Waals surface area contributed by atoms with Crippen LogP contribution in [0.15, 0.2) is 24.3 Å². The van der Waals surface area contributed by atoms with Crippen molar-refractivity contribution in [1.29, 1.82) is 0 Å². The average molecular weight is 193 g/mol. The van der Waals surface area contributed by atoms with Crippen LogP contribution in [0.5, 0.6) is 0 Å². The maximum absolute atomic E-state index is 6.15. The molecule has 0 spiro atoms. The Bertz CT molecular complexity index is 328. The topological polar surface area (TPSA) is 0 Å². The van der Waals surface area contributed by atoms with Gasteiger partial charge >= 0.3 is 0 Å². The summed E-state index contributed by atoms with van der Waals surface area (Å²) < 4.78 is 0. The predicted octanol–water partition coefficient (Wildman–Crippen LogP) is 3.85. The molecule has 0 heterocycles. The Kier molecular flexibility index (Phi) is 1.66. The smallest absolute Gasteiger partial charge is 0.0440 e. The van der Waals surface area contributed by atoms with Gasteiger partial charge in [0.25, 0.3) is 0 Å². The summed E-state index contributed by atoms with van der Waals surface area (Å²) in [6.45, 7) is 0. The third-order valence-electron chi connectivity index (χ3n) is 3.37. The van der Waals surface area contributed by atoms with Crippen LogP contribution in [0.1, 0.15) is 30.7 Å². The molecule has 2 fully saturated rings. The Hall–Kier alpha value is -0.490. The van der Waals surface area contributed by atoms with Crippen LogP contribution >= 0.6 is 11.6 Å². The molecule has 0 amide bonds. The fraction of sp³-hybridized carbons (Fsp3) is 0.500. The third kappa shape index (κ3) is 1.38. The third-order valence-corrected chi connectivity index (χ3v) is 3.72. The van der Waals surface area contributed by atoms with Gasteiger partial charge in [0.1, 0.15) is 0 Å². The second-order valence-corrected chi connectivity index (χ2v) is 4.77. The number of halogens is 1. The first kappa shape index (κ1) is 7.87. The fourth-order valence-electron chi connectivity index (χ4n) is 2.39. The zero-order valence-corrected chi connectivity index (χ0v) is 8.30. The summed E-state index contributed by atoms with van der Waals surface area (Å²) in [5.74, 6) is 2.81. The van der Waals surface area contributed by atoms with Gasteiger partial charge in [0.05, 0.1) is 0 Å². The van der Waals surface area contributed by atoms with Crippen molar-refractivity contribution < 1.29 is 0 Å². The molecule has 0 aliphatic heterocycles. The van der Waals surface area contributed by atoms with E-state index in [1.165, 1.54) is 24.8 Å². The Balaban J connectivity index is 1.82. The van der Waals surface area contributed by atoms with Gasteiger partial charge in [0.2, 0.25) is 0 Å². The molecule has 0 N–H and O–H groups in total. The van der Waals surface area contributed by atoms with E-state index in [-0.39, 0.29) is 0 Å². The Morgan fingerprint density at radius 3 is 2.62 bits per heavy atom. The highest BCUT2D eigenvalue weighted by Crippen LogP contribution is 2.60. The van der Waals surface area contributed by atoms with Gasteiger partial charge in [-0.2, -0.15) is 0 Å². The highest BCUT2D eigenvalue weighted by atomic mass is 35.5. The summed E-state index contributed by atoms with van der Waals surface area (Å²) >= 11 is 6.15. The largest absolute Gasteiger partial charge is 0.0840 e. The van der Waals surface area contributed by atoms with E-state index < -0.39 is 0 Å². The minimum absolute atomic E-state index is 0.793. The molecule has 3 rings (SSSR count). The Morgan fingerprint density at radius 2 is 1.92 bits per heavy atom. The minimum Gasteiger partial charge on any atom is -0.0840 e.